The first kappa shape index (κ1) is 13.6. The molecule has 1 amide bonds. The Morgan fingerprint density at radius 2 is 1.95 bits per heavy atom. The molecule has 4 heteroatoms. The fraction of sp³-hybridized carbons (Fsp3) is 0.467. The van der Waals surface area contributed by atoms with Crippen LogP contribution in [0.15, 0.2) is 24.3 Å². The molecule has 0 unspecified atom stereocenters. The van der Waals surface area contributed by atoms with Crippen LogP contribution in [0.1, 0.15) is 43.2 Å². The molecule has 0 heterocycles. The predicted molar refractivity (Wildman–Crippen MR) is 72.0 cm³/mol. The summed E-state index contributed by atoms with van der Waals surface area (Å²) in [5, 5.41) is 11.0. The van der Waals surface area contributed by atoms with Gasteiger partial charge < -0.3 is 10.4 Å². The monoisotopic (exact) mass is 261 g/mol. The molecule has 0 aliphatic heterocycles. The van der Waals surface area contributed by atoms with E-state index in [1.54, 1.807) is 0 Å². The molecule has 1 aromatic carbocycles. The predicted octanol–water partition coefficient (Wildman–Crippen LogP) is 2.11. The SMILES string of the molecule is CC(C)c1ccc([C@H]2C[C@@H]2C(=O)NCC(=O)O)cc1. The molecular weight excluding hydrogens is 242 g/mol. The van der Waals surface area contributed by atoms with Crippen molar-refractivity contribution in [1.29, 1.82) is 0 Å². The van der Waals surface area contributed by atoms with Gasteiger partial charge in [-0.3, -0.25) is 9.59 Å². The van der Waals surface area contributed by atoms with Gasteiger partial charge in [0.15, 0.2) is 0 Å². The van der Waals surface area contributed by atoms with Crippen LogP contribution in [-0.2, 0) is 9.59 Å². The normalized spacial score (nSPS) is 21.2. The van der Waals surface area contributed by atoms with E-state index in [9.17, 15) is 9.59 Å². The van der Waals surface area contributed by atoms with E-state index >= 15 is 0 Å². The number of carbonyl (C=O) groups is 2. The highest BCUT2D eigenvalue weighted by Gasteiger charge is 2.43. The number of rotatable bonds is 5. The van der Waals surface area contributed by atoms with Crippen LogP contribution >= 0.6 is 0 Å². The number of aliphatic carboxylic acids is 1. The average Bonchev–Trinajstić information content (AvgIpc) is 3.16. The molecule has 1 aliphatic carbocycles. The van der Waals surface area contributed by atoms with Crippen molar-refractivity contribution in [2.45, 2.75) is 32.1 Å². The first-order chi connectivity index (χ1) is 8.99. The molecule has 1 aromatic rings. The minimum atomic E-state index is -1.01. The maximum absolute atomic E-state index is 11.7. The van der Waals surface area contributed by atoms with Crippen LogP contribution < -0.4 is 5.32 Å². The summed E-state index contributed by atoms with van der Waals surface area (Å²) < 4.78 is 0. The molecule has 1 fully saturated rings. The van der Waals surface area contributed by atoms with Crippen LogP contribution in [0.2, 0.25) is 0 Å². The van der Waals surface area contributed by atoms with Gasteiger partial charge in [0, 0.05) is 5.92 Å². The van der Waals surface area contributed by atoms with Gasteiger partial charge >= 0.3 is 5.97 Å². The second kappa shape index (κ2) is 5.43. The number of nitrogens with one attached hydrogen (secondary N) is 1. The third kappa shape index (κ3) is 3.34. The van der Waals surface area contributed by atoms with Crippen molar-refractivity contribution in [1.82, 2.24) is 5.32 Å². The molecule has 1 aliphatic rings. The van der Waals surface area contributed by atoms with Gasteiger partial charge in [0.05, 0.1) is 0 Å². The highest BCUT2D eigenvalue weighted by molar-refractivity contribution is 5.85. The van der Waals surface area contributed by atoms with E-state index in [1.165, 1.54) is 11.1 Å². The second-order valence-corrected chi connectivity index (χ2v) is 5.38. The van der Waals surface area contributed by atoms with Crippen LogP contribution in [0.25, 0.3) is 0 Å². The summed E-state index contributed by atoms with van der Waals surface area (Å²) in [6.07, 6.45) is 0.812. The van der Waals surface area contributed by atoms with E-state index in [1.807, 2.05) is 0 Å². The van der Waals surface area contributed by atoms with Crippen LogP contribution in [0, 0.1) is 5.92 Å². The maximum atomic E-state index is 11.7. The summed E-state index contributed by atoms with van der Waals surface area (Å²) in [6, 6.07) is 8.35. The number of hydrogen-bond donors (Lipinski definition) is 2. The molecule has 0 spiro atoms. The van der Waals surface area contributed by atoms with Crippen molar-refractivity contribution >= 4 is 11.9 Å². The van der Waals surface area contributed by atoms with Gasteiger partial charge in [-0.25, -0.2) is 0 Å². The molecule has 102 valence electrons. The summed E-state index contributed by atoms with van der Waals surface area (Å²) in [4.78, 5) is 22.1. The summed E-state index contributed by atoms with van der Waals surface area (Å²) in [7, 11) is 0. The van der Waals surface area contributed by atoms with Crippen LogP contribution in [0.4, 0.5) is 0 Å². The lowest BCUT2D eigenvalue weighted by atomic mass is 10.00. The van der Waals surface area contributed by atoms with Gasteiger partial charge in [0.1, 0.15) is 6.54 Å². The molecular formula is C15H19NO3. The lowest BCUT2D eigenvalue weighted by molar-refractivity contribution is -0.138. The van der Waals surface area contributed by atoms with Crippen molar-refractivity contribution in [3.05, 3.63) is 35.4 Å². The first-order valence-electron chi connectivity index (χ1n) is 6.58. The highest BCUT2D eigenvalue weighted by Crippen LogP contribution is 2.47. The minimum Gasteiger partial charge on any atom is -0.480 e. The summed E-state index contributed by atoms with van der Waals surface area (Å²) in [6.45, 7) is 4.00. The molecule has 1 saturated carbocycles. The zero-order valence-electron chi connectivity index (χ0n) is 11.2. The van der Waals surface area contributed by atoms with E-state index in [0.717, 1.165) is 6.42 Å². The number of hydrogen-bond acceptors (Lipinski definition) is 2. The second-order valence-electron chi connectivity index (χ2n) is 5.38. The van der Waals surface area contributed by atoms with Gasteiger partial charge in [-0.15, -0.1) is 0 Å². The van der Waals surface area contributed by atoms with Crippen molar-refractivity contribution in [3.8, 4) is 0 Å². The van der Waals surface area contributed by atoms with E-state index in [4.69, 9.17) is 5.11 Å². The minimum absolute atomic E-state index is 0.0655. The van der Waals surface area contributed by atoms with E-state index in [2.05, 4.69) is 43.4 Å². The van der Waals surface area contributed by atoms with Crippen LogP contribution in [0.5, 0.6) is 0 Å². The molecule has 0 aromatic heterocycles. The van der Waals surface area contributed by atoms with Gasteiger partial charge in [-0.05, 0) is 29.4 Å². The number of benzene rings is 1. The molecule has 19 heavy (non-hydrogen) atoms. The molecule has 2 atom stereocenters. The Bertz CT molecular complexity index is 479. The standard InChI is InChI=1S/C15H19NO3/c1-9(2)10-3-5-11(6-4-10)12-7-13(12)15(19)16-8-14(17)18/h3-6,9,12-13H,7-8H2,1-2H3,(H,16,19)(H,17,18)/t12-,13+/m1/s1. The van der Waals surface area contributed by atoms with Gasteiger partial charge in [-0.1, -0.05) is 38.1 Å². The Balaban J connectivity index is 1.91. The average molecular weight is 261 g/mol. The number of carbonyl (C=O) groups excluding carboxylic acids is 1. The molecule has 2 N–H and O–H groups in total. The Morgan fingerprint density at radius 1 is 1.32 bits per heavy atom. The quantitative estimate of drug-likeness (QED) is 0.853. The largest absolute Gasteiger partial charge is 0.480 e. The van der Waals surface area contributed by atoms with Crippen molar-refractivity contribution in [2.24, 2.45) is 5.92 Å². The van der Waals surface area contributed by atoms with Crippen LogP contribution in [-0.4, -0.2) is 23.5 Å². The fourth-order valence-electron chi connectivity index (χ4n) is 2.28. The summed E-state index contributed by atoms with van der Waals surface area (Å²) >= 11 is 0. The van der Waals surface area contributed by atoms with Gasteiger partial charge in [-0.2, -0.15) is 0 Å². The van der Waals surface area contributed by atoms with E-state index < -0.39 is 5.97 Å². The molecule has 0 radical (unpaired) electrons. The van der Waals surface area contributed by atoms with Crippen molar-refractivity contribution < 1.29 is 14.7 Å². The fourth-order valence-corrected chi connectivity index (χ4v) is 2.28. The highest BCUT2D eigenvalue weighted by atomic mass is 16.4. The Morgan fingerprint density at radius 3 is 2.47 bits per heavy atom. The molecule has 2 rings (SSSR count). The van der Waals surface area contributed by atoms with Crippen LogP contribution in [0.3, 0.4) is 0 Å². The Labute approximate surface area is 112 Å². The number of carboxylic acids is 1. The molecule has 0 saturated heterocycles. The van der Waals surface area contributed by atoms with Crippen molar-refractivity contribution in [3.63, 3.8) is 0 Å². The number of carboxylic acid groups (broad SMARTS) is 1. The topological polar surface area (TPSA) is 66.4 Å². The van der Waals surface area contributed by atoms with E-state index in [0.29, 0.717) is 5.92 Å². The van der Waals surface area contributed by atoms with Gasteiger partial charge in [0.25, 0.3) is 0 Å². The number of amides is 1. The summed E-state index contributed by atoms with van der Waals surface area (Å²) in [5.74, 6) is -0.477. The third-order valence-corrected chi connectivity index (χ3v) is 3.57. The third-order valence-electron chi connectivity index (χ3n) is 3.57. The van der Waals surface area contributed by atoms with Gasteiger partial charge in [0.2, 0.25) is 5.91 Å². The molecule has 0 bridgehead atoms. The zero-order chi connectivity index (χ0) is 14.0. The van der Waals surface area contributed by atoms with Crippen molar-refractivity contribution in [2.75, 3.05) is 6.54 Å². The lowest BCUT2D eigenvalue weighted by Gasteiger charge is -2.06. The Hall–Kier alpha value is -1.84. The maximum Gasteiger partial charge on any atom is 0.322 e. The molecule has 4 nitrogen and oxygen atoms in total. The summed E-state index contributed by atoms with van der Waals surface area (Å²) in [5.41, 5.74) is 2.45. The Kier molecular flexibility index (Phi) is 3.88. The zero-order valence-corrected chi connectivity index (χ0v) is 11.2. The first-order valence-corrected chi connectivity index (χ1v) is 6.58. The smallest absolute Gasteiger partial charge is 0.322 e. The van der Waals surface area contributed by atoms with E-state index in [-0.39, 0.29) is 24.3 Å². The lowest BCUT2D eigenvalue weighted by Crippen LogP contribution is -2.30.